The zero-order chi connectivity index (χ0) is 17.9. The summed E-state index contributed by atoms with van der Waals surface area (Å²) in [5.41, 5.74) is 1.92. The van der Waals surface area contributed by atoms with Crippen LogP contribution in [0.15, 0.2) is 61.1 Å². The van der Waals surface area contributed by atoms with Gasteiger partial charge in [-0.3, -0.25) is 0 Å². The molecule has 0 unspecified atom stereocenters. The van der Waals surface area contributed by atoms with Gasteiger partial charge in [-0.15, -0.1) is 0 Å². The molecule has 1 aromatic carbocycles. The largest absolute Gasteiger partial charge is 0.335 e. The molecule has 2 amide bonds. The fraction of sp³-hybridized carbons (Fsp3) is 0.211. The predicted octanol–water partition coefficient (Wildman–Crippen LogP) is 3.99. The number of pyridine rings is 1. The van der Waals surface area contributed by atoms with Crippen molar-refractivity contribution in [1.82, 2.24) is 20.1 Å². The van der Waals surface area contributed by atoms with Crippen LogP contribution in [-0.2, 0) is 0 Å². The van der Waals surface area contributed by atoms with Crippen LogP contribution in [0.3, 0.4) is 0 Å². The van der Waals surface area contributed by atoms with Gasteiger partial charge in [0.05, 0.1) is 11.9 Å². The van der Waals surface area contributed by atoms with E-state index in [4.69, 9.17) is 11.6 Å². The summed E-state index contributed by atoms with van der Waals surface area (Å²) in [5.74, 6) is 1.18. The Morgan fingerprint density at radius 1 is 1.15 bits per heavy atom. The predicted molar refractivity (Wildman–Crippen MR) is 101 cm³/mol. The lowest BCUT2D eigenvalue weighted by Crippen LogP contribution is -2.45. The van der Waals surface area contributed by atoms with Crippen molar-refractivity contribution in [3.8, 4) is 5.82 Å². The van der Waals surface area contributed by atoms with Crippen molar-refractivity contribution in [2.45, 2.75) is 24.8 Å². The first-order valence-electron chi connectivity index (χ1n) is 8.46. The first-order valence-corrected chi connectivity index (χ1v) is 8.84. The van der Waals surface area contributed by atoms with Gasteiger partial charge in [-0.1, -0.05) is 23.7 Å². The number of nitrogens with zero attached hydrogens (tertiary/aromatic N) is 3. The van der Waals surface area contributed by atoms with Gasteiger partial charge < -0.3 is 10.6 Å². The van der Waals surface area contributed by atoms with Crippen molar-refractivity contribution in [2.75, 3.05) is 5.32 Å². The Kier molecular flexibility index (Phi) is 4.58. The molecule has 1 aliphatic carbocycles. The van der Waals surface area contributed by atoms with Gasteiger partial charge in [-0.25, -0.2) is 14.5 Å². The van der Waals surface area contributed by atoms with Crippen LogP contribution in [0.1, 0.15) is 24.3 Å². The fourth-order valence-corrected chi connectivity index (χ4v) is 3.22. The first kappa shape index (κ1) is 16.6. The monoisotopic (exact) mass is 367 g/mol. The van der Waals surface area contributed by atoms with Gasteiger partial charge in [0.1, 0.15) is 0 Å². The molecule has 1 fully saturated rings. The average Bonchev–Trinajstić information content (AvgIpc) is 3.14. The molecule has 6 nitrogen and oxygen atoms in total. The Labute approximate surface area is 156 Å². The second kappa shape index (κ2) is 7.17. The van der Waals surface area contributed by atoms with Crippen molar-refractivity contribution in [3.05, 3.63) is 71.6 Å². The van der Waals surface area contributed by atoms with Gasteiger partial charge in [0, 0.05) is 23.5 Å². The molecule has 2 heterocycles. The molecule has 26 heavy (non-hydrogen) atoms. The molecule has 0 atom stereocenters. The minimum absolute atomic E-state index is 0.187. The van der Waals surface area contributed by atoms with Crippen LogP contribution in [0.25, 0.3) is 5.82 Å². The highest BCUT2D eigenvalue weighted by Crippen LogP contribution is 2.37. The highest BCUT2D eigenvalue weighted by Gasteiger charge is 2.31. The number of carbonyl (C=O) groups is 1. The van der Waals surface area contributed by atoms with Crippen LogP contribution in [0.5, 0.6) is 0 Å². The highest BCUT2D eigenvalue weighted by molar-refractivity contribution is 6.30. The summed E-state index contributed by atoms with van der Waals surface area (Å²) < 4.78 is 1.66. The van der Waals surface area contributed by atoms with E-state index in [1.165, 1.54) is 5.56 Å². The Bertz CT molecular complexity index is 871. The van der Waals surface area contributed by atoms with E-state index in [1.807, 2.05) is 30.5 Å². The van der Waals surface area contributed by atoms with Crippen LogP contribution in [-0.4, -0.2) is 26.8 Å². The van der Waals surface area contributed by atoms with Crippen LogP contribution in [0.2, 0.25) is 5.02 Å². The second-order valence-electron chi connectivity index (χ2n) is 6.37. The van der Waals surface area contributed by atoms with Crippen molar-refractivity contribution >= 4 is 23.3 Å². The number of anilines is 1. The lowest BCUT2D eigenvalue weighted by molar-refractivity contribution is 0.233. The number of carbonyl (C=O) groups excluding carboxylic acids is 1. The lowest BCUT2D eigenvalue weighted by atomic mass is 9.76. The lowest BCUT2D eigenvalue weighted by Gasteiger charge is -2.36. The number of rotatable bonds is 4. The van der Waals surface area contributed by atoms with Gasteiger partial charge in [-0.05, 0) is 54.7 Å². The molecule has 2 N–H and O–H groups in total. The maximum absolute atomic E-state index is 12.1. The number of hydrogen-bond acceptors (Lipinski definition) is 3. The van der Waals surface area contributed by atoms with E-state index in [2.05, 4.69) is 32.8 Å². The minimum Gasteiger partial charge on any atom is -0.335 e. The summed E-state index contributed by atoms with van der Waals surface area (Å²) >= 11 is 5.92. The summed E-state index contributed by atoms with van der Waals surface area (Å²) in [6.07, 6.45) is 7.00. The van der Waals surface area contributed by atoms with Gasteiger partial charge in [0.25, 0.3) is 0 Å². The maximum Gasteiger partial charge on any atom is 0.319 e. The molecule has 2 aromatic heterocycles. The third-order valence-corrected chi connectivity index (χ3v) is 4.81. The Morgan fingerprint density at radius 2 is 1.96 bits per heavy atom. The average molecular weight is 368 g/mol. The van der Waals surface area contributed by atoms with Crippen LogP contribution >= 0.6 is 11.6 Å². The summed E-state index contributed by atoms with van der Waals surface area (Å²) in [4.78, 5) is 16.4. The number of halogens is 1. The quantitative estimate of drug-likeness (QED) is 0.732. The van der Waals surface area contributed by atoms with Crippen molar-refractivity contribution < 1.29 is 4.79 Å². The molecule has 0 radical (unpaired) electrons. The second-order valence-corrected chi connectivity index (χ2v) is 6.81. The van der Waals surface area contributed by atoms with Crippen molar-refractivity contribution in [1.29, 1.82) is 0 Å². The summed E-state index contributed by atoms with van der Waals surface area (Å²) in [6, 6.07) is 13.3. The molecule has 0 bridgehead atoms. The topological polar surface area (TPSA) is 71.8 Å². The molecule has 0 saturated heterocycles. The number of hydrogen-bond donors (Lipinski definition) is 2. The SMILES string of the molecule is O=C(Nc1ccc(-n2cccn2)nc1)NC1CC(c2ccc(Cl)cc2)C1. The van der Waals surface area contributed by atoms with Gasteiger partial charge in [-0.2, -0.15) is 5.10 Å². The Hall–Kier alpha value is -2.86. The molecule has 0 aliphatic heterocycles. The molecule has 0 spiro atoms. The summed E-state index contributed by atoms with van der Waals surface area (Å²) in [6.45, 7) is 0. The van der Waals surface area contributed by atoms with E-state index in [0.717, 1.165) is 17.9 Å². The Morgan fingerprint density at radius 3 is 2.62 bits per heavy atom. The van der Waals surface area contributed by atoms with Crippen molar-refractivity contribution in [3.63, 3.8) is 0 Å². The van der Waals surface area contributed by atoms with Crippen LogP contribution in [0, 0.1) is 0 Å². The Balaban J connectivity index is 1.26. The van der Waals surface area contributed by atoms with E-state index in [9.17, 15) is 4.79 Å². The molecule has 3 aromatic rings. The van der Waals surface area contributed by atoms with E-state index >= 15 is 0 Å². The normalized spacial score (nSPS) is 18.8. The number of benzene rings is 1. The highest BCUT2D eigenvalue weighted by atomic mass is 35.5. The molecular formula is C19H18ClN5O. The number of urea groups is 1. The molecule has 1 aliphatic rings. The zero-order valence-electron chi connectivity index (χ0n) is 14.0. The summed E-state index contributed by atoms with van der Waals surface area (Å²) in [5, 5.41) is 10.7. The zero-order valence-corrected chi connectivity index (χ0v) is 14.7. The summed E-state index contributed by atoms with van der Waals surface area (Å²) in [7, 11) is 0. The minimum atomic E-state index is -0.210. The number of aromatic nitrogens is 3. The molecule has 7 heteroatoms. The fourth-order valence-electron chi connectivity index (χ4n) is 3.10. The molecule has 132 valence electrons. The third-order valence-electron chi connectivity index (χ3n) is 4.56. The van der Waals surface area contributed by atoms with Gasteiger partial charge in [0.15, 0.2) is 5.82 Å². The van der Waals surface area contributed by atoms with Crippen LogP contribution < -0.4 is 10.6 Å². The molecule has 1 saturated carbocycles. The van der Waals surface area contributed by atoms with Crippen molar-refractivity contribution in [2.24, 2.45) is 0 Å². The number of nitrogens with one attached hydrogen (secondary N) is 2. The van der Waals surface area contributed by atoms with Gasteiger partial charge >= 0.3 is 6.03 Å². The third kappa shape index (κ3) is 3.70. The molecular weight excluding hydrogens is 350 g/mol. The van der Waals surface area contributed by atoms with E-state index in [-0.39, 0.29) is 12.1 Å². The first-order chi connectivity index (χ1) is 12.7. The van der Waals surface area contributed by atoms with Crippen LogP contribution in [0.4, 0.5) is 10.5 Å². The number of amides is 2. The van der Waals surface area contributed by atoms with E-state index < -0.39 is 0 Å². The van der Waals surface area contributed by atoms with E-state index in [1.54, 1.807) is 23.1 Å². The smallest absolute Gasteiger partial charge is 0.319 e. The standard InChI is InChI=1S/C19H18ClN5O/c20-15-4-2-13(3-5-15)14-10-17(11-14)24-19(26)23-16-6-7-18(21-12-16)25-9-1-8-22-25/h1-9,12,14,17H,10-11H2,(H2,23,24,26). The maximum atomic E-state index is 12.1. The van der Waals surface area contributed by atoms with E-state index in [0.29, 0.717) is 17.4 Å². The van der Waals surface area contributed by atoms with Gasteiger partial charge in [0.2, 0.25) is 0 Å². The molecule has 4 rings (SSSR count).